The van der Waals surface area contributed by atoms with E-state index >= 15 is 0 Å². The summed E-state index contributed by atoms with van der Waals surface area (Å²) in [6.07, 6.45) is -0.515. The minimum Gasteiger partial charge on any atom is -0.488 e. The van der Waals surface area contributed by atoms with Gasteiger partial charge >= 0.3 is 5.91 Å². The normalized spacial score (nSPS) is 29.5. The fourth-order valence-corrected chi connectivity index (χ4v) is 2.65. The highest BCUT2D eigenvalue weighted by Gasteiger charge is 2.60. The van der Waals surface area contributed by atoms with Crippen LogP contribution in [0.3, 0.4) is 0 Å². The third-order valence-electron chi connectivity index (χ3n) is 3.55. The van der Waals surface area contributed by atoms with Gasteiger partial charge in [0.05, 0.1) is 11.4 Å². The van der Waals surface area contributed by atoms with Crippen LogP contribution in [0.15, 0.2) is 18.2 Å². The van der Waals surface area contributed by atoms with Crippen molar-refractivity contribution < 1.29 is 23.8 Å². The van der Waals surface area contributed by atoms with Gasteiger partial charge < -0.3 is 9.84 Å². The SMILES string of the molecule is O=C1[N+](=O)CNC12CC(CO)Oc1ccc(F)cc12. The van der Waals surface area contributed by atoms with Crippen LogP contribution < -0.4 is 10.1 Å². The van der Waals surface area contributed by atoms with Gasteiger partial charge in [-0.3, -0.25) is 0 Å². The number of hydrogen-bond donors (Lipinski definition) is 2. The van der Waals surface area contributed by atoms with Gasteiger partial charge in [0.2, 0.25) is 0 Å². The molecule has 6 nitrogen and oxygen atoms in total. The second-order valence-corrected chi connectivity index (χ2v) is 4.69. The first-order valence-corrected chi connectivity index (χ1v) is 5.88. The van der Waals surface area contributed by atoms with Crippen LogP contribution in [0.1, 0.15) is 12.0 Å². The summed E-state index contributed by atoms with van der Waals surface area (Å²) >= 11 is 0. The van der Waals surface area contributed by atoms with Crippen molar-refractivity contribution in [3.05, 3.63) is 34.5 Å². The number of halogens is 1. The number of carbonyl (C=O) groups is 1. The zero-order valence-electron chi connectivity index (χ0n) is 9.93. The molecule has 19 heavy (non-hydrogen) atoms. The van der Waals surface area contributed by atoms with Crippen molar-refractivity contribution in [1.29, 1.82) is 0 Å². The van der Waals surface area contributed by atoms with E-state index in [4.69, 9.17) is 4.74 Å². The molecule has 2 heterocycles. The minimum absolute atomic E-state index is 0.0948. The van der Waals surface area contributed by atoms with Crippen molar-refractivity contribution in [1.82, 2.24) is 5.32 Å². The van der Waals surface area contributed by atoms with Gasteiger partial charge in [0.25, 0.3) is 6.67 Å². The van der Waals surface area contributed by atoms with E-state index < -0.39 is 23.4 Å². The maximum Gasteiger partial charge on any atom is 0.459 e. The number of carbonyl (C=O) groups excluding carboxylic acids is 1. The number of aliphatic hydroxyl groups excluding tert-OH is 1. The van der Waals surface area contributed by atoms with E-state index in [-0.39, 0.29) is 19.7 Å². The zero-order valence-corrected chi connectivity index (χ0v) is 9.93. The highest BCUT2D eigenvalue weighted by atomic mass is 19.1. The van der Waals surface area contributed by atoms with Crippen LogP contribution in [0, 0.1) is 10.7 Å². The predicted octanol–water partition coefficient (Wildman–Crippen LogP) is 0.0306. The van der Waals surface area contributed by atoms with Gasteiger partial charge in [-0.25, -0.2) is 14.5 Å². The number of aliphatic hydroxyl groups is 1. The smallest absolute Gasteiger partial charge is 0.459 e. The summed E-state index contributed by atoms with van der Waals surface area (Å²) in [5, 5.41) is 12.1. The molecule has 1 spiro atoms. The number of amides is 1. The quantitative estimate of drug-likeness (QED) is 0.702. The molecule has 0 aliphatic carbocycles. The van der Waals surface area contributed by atoms with E-state index in [9.17, 15) is 19.2 Å². The summed E-state index contributed by atoms with van der Waals surface area (Å²) < 4.78 is 19.2. The molecule has 1 aromatic carbocycles. The molecule has 2 atom stereocenters. The Kier molecular flexibility index (Phi) is 2.61. The van der Waals surface area contributed by atoms with Crippen molar-refractivity contribution in [3.63, 3.8) is 0 Å². The number of ether oxygens (including phenoxy) is 1. The van der Waals surface area contributed by atoms with Crippen LogP contribution >= 0.6 is 0 Å². The van der Waals surface area contributed by atoms with E-state index in [0.29, 0.717) is 16.1 Å². The molecule has 1 amide bonds. The molecule has 0 aromatic heterocycles. The van der Waals surface area contributed by atoms with Crippen LogP contribution in [0.25, 0.3) is 0 Å². The molecule has 1 saturated heterocycles. The Morgan fingerprint density at radius 2 is 2.37 bits per heavy atom. The second-order valence-electron chi connectivity index (χ2n) is 4.69. The van der Waals surface area contributed by atoms with Crippen LogP contribution in [0.5, 0.6) is 5.75 Å². The molecule has 2 aliphatic heterocycles. The highest BCUT2D eigenvalue weighted by molar-refractivity contribution is 5.83. The summed E-state index contributed by atoms with van der Waals surface area (Å²) in [6, 6.07) is 3.80. The molecule has 3 rings (SSSR count). The van der Waals surface area contributed by atoms with Crippen molar-refractivity contribution in [2.45, 2.75) is 18.1 Å². The standard InChI is InChI=1S/C12H12FN2O4/c13-7-1-2-10-9(3-7)12(4-8(5-16)19-10)11(17)15(18)6-14-12/h1-3,8,14,16H,4-6H2/q+1. The Bertz CT molecular complexity index is 577. The lowest BCUT2D eigenvalue weighted by Gasteiger charge is -2.34. The molecular formula is C12H12FN2O4+. The number of nitroso groups, excluding NO2 is 1. The highest BCUT2D eigenvalue weighted by Crippen LogP contribution is 2.42. The Labute approximate surface area is 107 Å². The monoisotopic (exact) mass is 267 g/mol. The number of fused-ring (bicyclic) bond motifs is 2. The molecule has 2 N–H and O–H groups in total. The first-order chi connectivity index (χ1) is 9.06. The van der Waals surface area contributed by atoms with E-state index in [2.05, 4.69) is 5.32 Å². The van der Waals surface area contributed by atoms with Crippen molar-refractivity contribution >= 4 is 5.91 Å². The summed E-state index contributed by atoms with van der Waals surface area (Å²) in [5.41, 5.74) is -0.995. The summed E-state index contributed by atoms with van der Waals surface area (Å²) in [6.45, 7) is -0.445. The van der Waals surface area contributed by atoms with Crippen molar-refractivity contribution in [3.8, 4) is 5.75 Å². The number of nitrogens with one attached hydrogen (secondary N) is 1. The van der Waals surface area contributed by atoms with Crippen LogP contribution in [0.4, 0.5) is 4.39 Å². The first-order valence-electron chi connectivity index (χ1n) is 5.88. The zero-order chi connectivity index (χ0) is 13.6. The number of benzene rings is 1. The molecule has 100 valence electrons. The molecule has 0 radical (unpaired) electrons. The fraction of sp³-hybridized carbons (Fsp3) is 0.417. The maximum atomic E-state index is 13.4. The van der Waals surface area contributed by atoms with Gasteiger partial charge in [-0.05, 0) is 18.2 Å². The van der Waals surface area contributed by atoms with E-state index in [0.717, 1.165) is 0 Å². The average Bonchev–Trinajstić information content (AvgIpc) is 2.69. The molecule has 0 saturated carbocycles. The molecule has 0 bridgehead atoms. The number of rotatable bonds is 1. The maximum absolute atomic E-state index is 13.4. The minimum atomic E-state index is -1.30. The largest absolute Gasteiger partial charge is 0.488 e. The molecule has 2 unspecified atom stereocenters. The van der Waals surface area contributed by atoms with E-state index in [1.165, 1.54) is 18.2 Å². The lowest BCUT2D eigenvalue weighted by molar-refractivity contribution is -0.457. The van der Waals surface area contributed by atoms with Gasteiger partial charge in [0, 0.05) is 16.9 Å². The van der Waals surface area contributed by atoms with Crippen molar-refractivity contribution in [2.24, 2.45) is 0 Å². The topological polar surface area (TPSA) is 78.6 Å². The van der Waals surface area contributed by atoms with Crippen molar-refractivity contribution in [2.75, 3.05) is 13.3 Å². The Morgan fingerprint density at radius 3 is 3.00 bits per heavy atom. The van der Waals surface area contributed by atoms with Crippen LogP contribution in [0.2, 0.25) is 0 Å². The molecule has 2 aliphatic rings. The number of nitrogens with zero attached hydrogens (tertiary/aromatic N) is 1. The number of hydrogen-bond acceptors (Lipinski definition) is 5. The van der Waals surface area contributed by atoms with E-state index in [1.807, 2.05) is 0 Å². The van der Waals surface area contributed by atoms with Crippen LogP contribution in [-0.2, 0) is 10.3 Å². The Hall–Kier alpha value is -1.86. The van der Waals surface area contributed by atoms with Gasteiger partial charge in [0.1, 0.15) is 17.7 Å². The molecular weight excluding hydrogens is 255 g/mol. The molecule has 1 aromatic rings. The average molecular weight is 267 g/mol. The summed E-state index contributed by atoms with van der Waals surface area (Å²) in [5.74, 6) is -0.882. The van der Waals surface area contributed by atoms with Gasteiger partial charge in [-0.2, -0.15) is 0 Å². The Morgan fingerprint density at radius 1 is 1.58 bits per heavy atom. The van der Waals surface area contributed by atoms with Gasteiger partial charge in [0.15, 0.2) is 5.54 Å². The third kappa shape index (κ3) is 1.66. The van der Waals surface area contributed by atoms with Crippen LogP contribution in [-0.4, -0.2) is 35.2 Å². The Balaban J connectivity index is 2.17. The lowest BCUT2D eigenvalue weighted by Crippen LogP contribution is -2.50. The third-order valence-corrected chi connectivity index (χ3v) is 3.55. The molecule has 1 fully saturated rings. The fourth-order valence-electron chi connectivity index (χ4n) is 2.65. The second kappa shape index (κ2) is 4.07. The van der Waals surface area contributed by atoms with E-state index in [1.54, 1.807) is 0 Å². The first kappa shape index (κ1) is 12.2. The lowest BCUT2D eigenvalue weighted by atomic mass is 9.82. The predicted molar refractivity (Wildman–Crippen MR) is 60.8 cm³/mol. The van der Waals surface area contributed by atoms with Gasteiger partial charge in [-0.15, -0.1) is 0 Å². The molecule has 7 heteroatoms. The van der Waals surface area contributed by atoms with Gasteiger partial charge in [-0.1, -0.05) is 0 Å². The summed E-state index contributed by atoms with van der Waals surface area (Å²) in [4.78, 5) is 23.6. The summed E-state index contributed by atoms with van der Waals surface area (Å²) in [7, 11) is 0.